The van der Waals surface area contributed by atoms with Gasteiger partial charge in [0.05, 0.1) is 6.10 Å². The lowest BCUT2D eigenvalue weighted by Crippen LogP contribution is -2.34. The van der Waals surface area contributed by atoms with Crippen LogP contribution in [0.15, 0.2) is 24.3 Å². The molecule has 2 atom stereocenters. The number of hydrogen-bond acceptors (Lipinski definition) is 2. The van der Waals surface area contributed by atoms with Gasteiger partial charge in [-0.25, -0.2) is 0 Å². The number of aliphatic hydroxyl groups excluding tert-OH is 1. The summed E-state index contributed by atoms with van der Waals surface area (Å²) in [6, 6.07) is 8.70. The van der Waals surface area contributed by atoms with Crippen LogP contribution in [0.1, 0.15) is 36.8 Å². The van der Waals surface area contributed by atoms with E-state index < -0.39 is 0 Å². The van der Waals surface area contributed by atoms with E-state index in [4.69, 9.17) is 0 Å². The predicted octanol–water partition coefficient (Wildman–Crippen LogP) is 2.55. The van der Waals surface area contributed by atoms with Gasteiger partial charge in [-0.2, -0.15) is 0 Å². The Labute approximate surface area is 103 Å². The van der Waals surface area contributed by atoms with Crippen LogP contribution in [0.4, 0.5) is 0 Å². The summed E-state index contributed by atoms with van der Waals surface area (Å²) < 4.78 is 0. The minimum absolute atomic E-state index is 0.0625. The molecule has 0 bridgehead atoms. The van der Waals surface area contributed by atoms with E-state index in [0.29, 0.717) is 5.92 Å². The van der Waals surface area contributed by atoms with Crippen LogP contribution >= 0.6 is 0 Å². The average Bonchev–Trinajstić information content (AvgIpc) is 2.74. The molecule has 1 aliphatic carbocycles. The molecule has 2 unspecified atom stereocenters. The second kappa shape index (κ2) is 4.79. The second-order valence-electron chi connectivity index (χ2n) is 5.55. The molecule has 0 saturated heterocycles. The van der Waals surface area contributed by atoms with Crippen LogP contribution in [0.2, 0.25) is 0 Å². The van der Waals surface area contributed by atoms with Crippen LogP contribution in [0.3, 0.4) is 0 Å². The fraction of sp³-hybridized carbons (Fsp3) is 0.600. The molecule has 1 aromatic carbocycles. The number of benzene rings is 1. The summed E-state index contributed by atoms with van der Waals surface area (Å²) in [4.78, 5) is 2.49. The molecule has 1 fully saturated rings. The van der Waals surface area contributed by atoms with Crippen LogP contribution in [-0.2, 0) is 13.1 Å². The van der Waals surface area contributed by atoms with E-state index in [9.17, 15) is 5.11 Å². The lowest BCUT2D eigenvalue weighted by atomic mass is 9.86. The number of fused-ring (bicyclic) bond motifs is 1. The molecule has 1 aromatic rings. The standard InChI is InChI=1S/C15H21NO/c17-15-8-4-3-7-14(15)11-16-9-12-5-1-2-6-13(12)10-16/h1-2,5-6,14-15,17H,3-4,7-11H2. The minimum atomic E-state index is -0.0625. The van der Waals surface area contributed by atoms with E-state index in [1.165, 1.54) is 30.4 Å². The highest BCUT2D eigenvalue weighted by Crippen LogP contribution is 2.29. The summed E-state index contributed by atoms with van der Waals surface area (Å²) in [7, 11) is 0. The normalized spacial score (nSPS) is 29.2. The largest absolute Gasteiger partial charge is 0.393 e. The van der Waals surface area contributed by atoms with Gasteiger partial charge in [-0.1, -0.05) is 37.1 Å². The molecule has 92 valence electrons. The Morgan fingerprint density at radius 3 is 2.35 bits per heavy atom. The van der Waals surface area contributed by atoms with Crippen LogP contribution < -0.4 is 0 Å². The lowest BCUT2D eigenvalue weighted by Gasteiger charge is -2.31. The molecule has 2 heteroatoms. The molecule has 0 amide bonds. The van der Waals surface area contributed by atoms with Crippen molar-refractivity contribution in [2.24, 2.45) is 5.92 Å². The minimum Gasteiger partial charge on any atom is -0.393 e. The van der Waals surface area contributed by atoms with Crippen molar-refractivity contribution < 1.29 is 5.11 Å². The van der Waals surface area contributed by atoms with Gasteiger partial charge in [0.15, 0.2) is 0 Å². The molecule has 2 aliphatic rings. The number of rotatable bonds is 2. The summed E-state index contributed by atoms with van der Waals surface area (Å²) in [5, 5.41) is 10.0. The van der Waals surface area contributed by atoms with Crippen LogP contribution in [0.5, 0.6) is 0 Å². The highest BCUT2D eigenvalue weighted by molar-refractivity contribution is 5.30. The smallest absolute Gasteiger partial charge is 0.0580 e. The molecule has 2 nitrogen and oxygen atoms in total. The third kappa shape index (κ3) is 2.38. The Morgan fingerprint density at radius 1 is 1.06 bits per heavy atom. The van der Waals surface area contributed by atoms with Gasteiger partial charge in [0.1, 0.15) is 0 Å². The number of nitrogens with zero attached hydrogens (tertiary/aromatic N) is 1. The quantitative estimate of drug-likeness (QED) is 0.845. The highest BCUT2D eigenvalue weighted by Gasteiger charge is 2.27. The highest BCUT2D eigenvalue weighted by atomic mass is 16.3. The molecule has 1 heterocycles. The molecular formula is C15H21NO. The van der Waals surface area contributed by atoms with Crippen molar-refractivity contribution in [1.29, 1.82) is 0 Å². The molecular weight excluding hydrogens is 210 g/mol. The van der Waals surface area contributed by atoms with Gasteiger partial charge in [-0.05, 0) is 29.9 Å². The molecule has 0 radical (unpaired) electrons. The van der Waals surface area contributed by atoms with Crippen molar-refractivity contribution in [3.8, 4) is 0 Å². The van der Waals surface area contributed by atoms with E-state index in [-0.39, 0.29) is 6.10 Å². The molecule has 3 rings (SSSR count). The van der Waals surface area contributed by atoms with Crippen molar-refractivity contribution in [3.05, 3.63) is 35.4 Å². The zero-order chi connectivity index (χ0) is 11.7. The first-order valence-electron chi connectivity index (χ1n) is 6.80. The van der Waals surface area contributed by atoms with Gasteiger partial charge in [-0.3, -0.25) is 4.90 Å². The third-order valence-electron chi connectivity index (χ3n) is 4.27. The second-order valence-corrected chi connectivity index (χ2v) is 5.55. The predicted molar refractivity (Wildman–Crippen MR) is 68.5 cm³/mol. The van der Waals surface area contributed by atoms with Crippen molar-refractivity contribution in [2.75, 3.05) is 6.54 Å². The fourth-order valence-corrected chi connectivity index (χ4v) is 3.27. The van der Waals surface area contributed by atoms with Gasteiger partial charge in [0.2, 0.25) is 0 Å². The summed E-state index contributed by atoms with van der Waals surface area (Å²) >= 11 is 0. The topological polar surface area (TPSA) is 23.5 Å². The summed E-state index contributed by atoms with van der Waals surface area (Å²) in [6.45, 7) is 3.20. The van der Waals surface area contributed by atoms with Crippen molar-refractivity contribution in [2.45, 2.75) is 44.9 Å². The van der Waals surface area contributed by atoms with Crippen LogP contribution in [0, 0.1) is 5.92 Å². The van der Waals surface area contributed by atoms with Crippen LogP contribution in [-0.4, -0.2) is 22.7 Å². The van der Waals surface area contributed by atoms with Gasteiger partial charge < -0.3 is 5.11 Å². The molecule has 0 aromatic heterocycles. The molecule has 1 saturated carbocycles. The Bertz CT molecular complexity index is 365. The monoisotopic (exact) mass is 231 g/mol. The molecule has 0 spiro atoms. The first kappa shape index (κ1) is 11.2. The third-order valence-corrected chi connectivity index (χ3v) is 4.27. The van der Waals surface area contributed by atoms with Gasteiger partial charge in [0.25, 0.3) is 0 Å². The lowest BCUT2D eigenvalue weighted by molar-refractivity contribution is 0.0457. The van der Waals surface area contributed by atoms with E-state index in [0.717, 1.165) is 26.1 Å². The Kier molecular flexibility index (Phi) is 3.17. The van der Waals surface area contributed by atoms with E-state index in [1.54, 1.807) is 0 Å². The average molecular weight is 231 g/mol. The van der Waals surface area contributed by atoms with Crippen molar-refractivity contribution in [1.82, 2.24) is 4.90 Å². The zero-order valence-corrected chi connectivity index (χ0v) is 10.3. The maximum atomic E-state index is 10.0. The summed E-state index contributed by atoms with van der Waals surface area (Å²) in [5.41, 5.74) is 2.94. The summed E-state index contributed by atoms with van der Waals surface area (Å²) in [5.74, 6) is 0.498. The number of hydrogen-bond donors (Lipinski definition) is 1. The van der Waals surface area contributed by atoms with E-state index in [1.807, 2.05) is 0 Å². The van der Waals surface area contributed by atoms with Crippen LogP contribution in [0.25, 0.3) is 0 Å². The SMILES string of the molecule is OC1CCCCC1CN1Cc2ccccc2C1. The molecule has 1 N–H and O–H groups in total. The summed E-state index contributed by atoms with van der Waals surface area (Å²) in [6.07, 6.45) is 4.65. The zero-order valence-electron chi connectivity index (χ0n) is 10.3. The van der Waals surface area contributed by atoms with Gasteiger partial charge >= 0.3 is 0 Å². The Hall–Kier alpha value is -0.860. The first-order chi connectivity index (χ1) is 8.33. The molecule has 17 heavy (non-hydrogen) atoms. The Balaban J connectivity index is 1.61. The van der Waals surface area contributed by atoms with Crippen molar-refractivity contribution in [3.63, 3.8) is 0 Å². The maximum Gasteiger partial charge on any atom is 0.0580 e. The van der Waals surface area contributed by atoms with Gasteiger partial charge in [-0.15, -0.1) is 0 Å². The first-order valence-corrected chi connectivity index (χ1v) is 6.80. The Morgan fingerprint density at radius 2 is 1.71 bits per heavy atom. The fourth-order valence-electron chi connectivity index (χ4n) is 3.27. The number of aliphatic hydroxyl groups is 1. The van der Waals surface area contributed by atoms with E-state index >= 15 is 0 Å². The van der Waals surface area contributed by atoms with Gasteiger partial charge in [0, 0.05) is 19.6 Å². The maximum absolute atomic E-state index is 10.0. The van der Waals surface area contributed by atoms with Crippen molar-refractivity contribution >= 4 is 0 Å². The molecule has 1 aliphatic heterocycles. The van der Waals surface area contributed by atoms with E-state index in [2.05, 4.69) is 29.2 Å².